The molecule has 1 N–H and O–H groups in total. The van der Waals surface area contributed by atoms with Crippen LogP contribution in [0.4, 0.5) is 5.82 Å². The third-order valence-electron chi connectivity index (χ3n) is 5.53. The number of anilines is 1. The smallest absolute Gasteiger partial charge is 0.163 e. The molecule has 0 bridgehead atoms. The number of fused-ring (bicyclic) bond motifs is 2. The molecule has 0 saturated carbocycles. The van der Waals surface area contributed by atoms with Crippen molar-refractivity contribution >= 4 is 5.82 Å². The van der Waals surface area contributed by atoms with Crippen molar-refractivity contribution in [1.82, 2.24) is 9.78 Å². The minimum atomic E-state index is 0.574. The number of para-hydroxylation sites is 1. The van der Waals surface area contributed by atoms with E-state index < -0.39 is 0 Å². The zero-order valence-electron chi connectivity index (χ0n) is 16.6. The van der Waals surface area contributed by atoms with Crippen molar-refractivity contribution in [1.29, 1.82) is 0 Å². The lowest BCUT2D eigenvalue weighted by Gasteiger charge is -2.19. The Balaban J connectivity index is 1.58. The van der Waals surface area contributed by atoms with Gasteiger partial charge in [0.15, 0.2) is 11.5 Å². The third kappa shape index (κ3) is 3.39. The fourth-order valence-electron chi connectivity index (χ4n) is 4.10. The first-order valence-corrected chi connectivity index (χ1v) is 10.2. The first-order valence-electron chi connectivity index (χ1n) is 10.2. The highest BCUT2D eigenvalue weighted by atomic mass is 16.6. The summed E-state index contributed by atoms with van der Waals surface area (Å²) < 4.78 is 19.0. The maximum Gasteiger partial charge on any atom is 0.163 e. The maximum absolute atomic E-state index is 5.78. The molecule has 29 heavy (non-hydrogen) atoms. The van der Waals surface area contributed by atoms with Gasteiger partial charge in [0.1, 0.15) is 24.8 Å². The zero-order chi connectivity index (χ0) is 19.6. The van der Waals surface area contributed by atoms with Gasteiger partial charge in [-0.3, -0.25) is 0 Å². The summed E-state index contributed by atoms with van der Waals surface area (Å²) in [6.45, 7) is 2.12. The highest BCUT2D eigenvalue weighted by molar-refractivity contribution is 5.58. The average molecular weight is 391 g/mol. The molecule has 150 valence electrons. The molecular formula is C23H25N3O3. The van der Waals surface area contributed by atoms with Gasteiger partial charge >= 0.3 is 0 Å². The van der Waals surface area contributed by atoms with Crippen LogP contribution in [0.1, 0.15) is 29.7 Å². The van der Waals surface area contributed by atoms with E-state index in [2.05, 4.69) is 11.4 Å². The van der Waals surface area contributed by atoms with E-state index in [1.807, 2.05) is 41.1 Å². The molecule has 2 aliphatic rings. The number of benzene rings is 2. The summed E-state index contributed by atoms with van der Waals surface area (Å²) in [6, 6.07) is 14.2. The second-order valence-electron chi connectivity index (χ2n) is 7.39. The number of aromatic nitrogens is 2. The second-order valence-corrected chi connectivity index (χ2v) is 7.39. The molecule has 1 aromatic heterocycles. The lowest BCUT2D eigenvalue weighted by atomic mass is 10.0. The lowest BCUT2D eigenvalue weighted by Crippen LogP contribution is -2.15. The fraction of sp³-hybridized carbons (Fsp3) is 0.348. The molecule has 6 nitrogen and oxygen atoms in total. The van der Waals surface area contributed by atoms with Crippen LogP contribution >= 0.6 is 0 Å². The van der Waals surface area contributed by atoms with Crippen LogP contribution in [0.25, 0.3) is 5.69 Å². The molecule has 5 rings (SSSR count). The van der Waals surface area contributed by atoms with Crippen molar-refractivity contribution < 1.29 is 14.2 Å². The Kier molecular flexibility index (Phi) is 4.76. The van der Waals surface area contributed by atoms with Gasteiger partial charge in [-0.15, -0.1) is 0 Å². The van der Waals surface area contributed by atoms with E-state index in [4.69, 9.17) is 19.3 Å². The molecular weight excluding hydrogens is 366 g/mol. The summed E-state index contributed by atoms with van der Waals surface area (Å²) in [5, 5.41) is 8.63. The third-order valence-corrected chi connectivity index (χ3v) is 5.53. The Morgan fingerprint density at radius 1 is 1.07 bits per heavy atom. The van der Waals surface area contributed by atoms with Crippen molar-refractivity contribution in [2.75, 3.05) is 32.2 Å². The maximum atomic E-state index is 5.78. The second kappa shape index (κ2) is 7.70. The summed E-state index contributed by atoms with van der Waals surface area (Å²) >= 11 is 0. The number of rotatable bonds is 4. The van der Waals surface area contributed by atoms with Gasteiger partial charge in [-0.1, -0.05) is 18.2 Å². The number of nitrogens with zero attached hydrogens (tertiary/aromatic N) is 2. The number of nitrogens with one attached hydrogen (secondary N) is 1. The van der Waals surface area contributed by atoms with Crippen LogP contribution in [0, 0.1) is 0 Å². The van der Waals surface area contributed by atoms with Crippen molar-refractivity contribution in [3.05, 3.63) is 59.3 Å². The van der Waals surface area contributed by atoms with Gasteiger partial charge in [-0.25, -0.2) is 4.68 Å². The molecule has 6 heteroatoms. The van der Waals surface area contributed by atoms with Crippen molar-refractivity contribution in [3.63, 3.8) is 0 Å². The summed E-state index contributed by atoms with van der Waals surface area (Å²) in [4.78, 5) is 0. The summed E-state index contributed by atoms with van der Waals surface area (Å²) in [5.41, 5.74) is 4.51. The molecule has 2 aliphatic heterocycles. The molecule has 0 saturated heterocycles. The molecule has 0 atom stereocenters. The SMILES string of the molecule is COc1ccccc1Cc1nn(-c2ccc3c(c2)OCCO3)c2c1CCCCN2. The van der Waals surface area contributed by atoms with Gasteiger partial charge in [-0.05, 0) is 37.5 Å². The van der Waals surface area contributed by atoms with E-state index in [0.29, 0.717) is 13.2 Å². The minimum absolute atomic E-state index is 0.574. The van der Waals surface area contributed by atoms with E-state index >= 15 is 0 Å². The van der Waals surface area contributed by atoms with Crippen molar-refractivity contribution in [2.45, 2.75) is 25.7 Å². The van der Waals surface area contributed by atoms with E-state index in [9.17, 15) is 0 Å². The Hall–Kier alpha value is -3.15. The van der Waals surface area contributed by atoms with Crippen LogP contribution in [0.3, 0.4) is 0 Å². The predicted octanol–water partition coefficient (Wildman–Crippen LogP) is 3.99. The first-order chi connectivity index (χ1) is 14.3. The molecule has 0 radical (unpaired) electrons. The van der Waals surface area contributed by atoms with Crippen LogP contribution in [0.15, 0.2) is 42.5 Å². The van der Waals surface area contributed by atoms with Gasteiger partial charge in [0, 0.05) is 30.2 Å². The first kappa shape index (κ1) is 17.9. The number of methoxy groups -OCH3 is 1. The monoisotopic (exact) mass is 391 g/mol. The molecule has 0 aliphatic carbocycles. The summed E-state index contributed by atoms with van der Waals surface area (Å²) in [6.07, 6.45) is 4.08. The molecule has 3 heterocycles. The number of ether oxygens (including phenoxy) is 3. The van der Waals surface area contributed by atoms with Crippen molar-refractivity contribution in [2.24, 2.45) is 0 Å². The highest BCUT2D eigenvalue weighted by Crippen LogP contribution is 2.35. The summed E-state index contributed by atoms with van der Waals surface area (Å²) in [7, 11) is 1.72. The van der Waals surface area contributed by atoms with Gasteiger partial charge in [0.25, 0.3) is 0 Å². The molecule has 0 fully saturated rings. The normalized spacial score (nSPS) is 15.2. The molecule has 3 aromatic rings. The molecule has 0 unspecified atom stereocenters. The fourth-order valence-corrected chi connectivity index (χ4v) is 4.10. The van der Waals surface area contributed by atoms with E-state index in [0.717, 1.165) is 72.2 Å². The van der Waals surface area contributed by atoms with Crippen LogP contribution < -0.4 is 19.5 Å². The average Bonchev–Trinajstić information content (AvgIpc) is 2.94. The minimum Gasteiger partial charge on any atom is -0.496 e. The van der Waals surface area contributed by atoms with Gasteiger partial charge in [0.05, 0.1) is 18.5 Å². The van der Waals surface area contributed by atoms with Gasteiger partial charge < -0.3 is 19.5 Å². The Labute approximate surface area is 170 Å². The molecule has 2 aromatic carbocycles. The van der Waals surface area contributed by atoms with Gasteiger partial charge in [0.2, 0.25) is 0 Å². The van der Waals surface area contributed by atoms with E-state index in [1.165, 1.54) is 5.56 Å². The van der Waals surface area contributed by atoms with Crippen molar-refractivity contribution in [3.8, 4) is 22.9 Å². The van der Waals surface area contributed by atoms with Gasteiger partial charge in [-0.2, -0.15) is 5.10 Å². The van der Waals surface area contributed by atoms with Crippen LogP contribution in [0.2, 0.25) is 0 Å². The topological polar surface area (TPSA) is 57.5 Å². The van der Waals surface area contributed by atoms with Crippen LogP contribution in [-0.2, 0) is 12.8 Å². The van der Waals surface area contributed by atoms with Crippen LogP contribution in [0.5, 0.6) is 17.2 Å². The Bertz CT molecular complexity index is 1030. The molecule has 0 spiro atoms. The number of hydrogen-bond acceptors (Lipinski definition) is 5. The largest absolute Gasteiger partial charge is 0.496 e. The number of hydrogen-bond donors (Lipinski definition) is 1. The Morgan fingerprint density at radius 2 is 1.93 bits per heavy atom. The Morgan fingerprint density at radius 3 is 2.83 bits per heavy atom. The molecule has 0 amide bonds. The predicted molar refractivity (Wildman–Crippen MR) is 112 cm³/mol. The van der Waals surface area contributed by atoms with E-state index in [1.54, 1.807) is 7.11 Å². The summed E-state index contributed by atoms with van der Waals surface area (Å²) in [5.74, 6) is 3.55. The quantitative estimate of drug-likeness (QED) is 0.729. The standard InChI is InChI=1S/C23H25N3O3/c1-27-20-8-3-2-6-16(20)14-19-18-7-4-5-11-24-23(18)26(25-19)17-9-10-21-22(15-17)29-13-12-28-21/h2-3,6,8-10,15,24H,4-5,7,11-14H2,1H3. The lowest BCUT2D eigenvalue weighted by molar-refractivity contribution is 0.171. The van der Waals surface area contributed by atoms with Crippen LogP contribution in [-0.4, -0.2) is 36.6 Å². The zero-order valence-corrected chi connectivity index (χ0v) is 16.6. The van der Waals surface area contributed by atoms with E-state index in [-0.39, 0.29) is 0 Å². The highest BCUT2D eigenvalue weighted by Gasteiger charge is 2.22.